The van der Waals surface area contributed by atoms with Crippen LogP contribution in [0.25, 0.3) is 6.08 Å². The van der Waals surface area contributed by atoms with Gasteiger partial charge in [0.1, 0.15) is 11.4 Å². The van der Waals surface area contributed by atoms with Crippen LogP contribution in [0.1, 0.15) is 46.1 Å². The number of ether oxygens (including phenoxy) is 2. The molecule has 1 aliphatic rings. The molecule has 1 fully saturated rings. The second kappa shape index (κ2) is 7.29. The van der Waals surface area contributed by atoms with Crippen LogP contribution in [0.4, 0.5) is 4.79 Å². The SMILES string of the molecule is COc1ccc(/C=C/C2(C)CCN(C(=O)OC(C)(C)C)CC2)cc1. The number of carbonyl (C=O) groups excluding carboxylic acids is 1. The number of hydrogen-bond donors (Lipinski definition) is 0. The summed E-state index contributed by atoms with van der Waals surface area (Å²) in [5, 5.41) is 0. The van der Waals surface area contributed by atoms with Gasteiger partial charge in [0.05, 0.1) is 7.11 Å². The first-order valence-corrected chi connectivity index (χ1v) is 8.52. The fraction of sp³-hybridized carbons (Fsp3) is 0.550. The molecule has 1 aromatic carbocycles. The Bertz CT molecular complexity index is 576. The Kier molecular flexibility index (Phi) is 5.58. The summed E-state index contributed by atoms with van der Waals surface area (Å²) in [6, 6.07) is 8.03. The lowest BCUT2D eigenvalue weighted by molar-refractivity contribution is 0.0156. The van der Waals surface area contributed by atoms with E-state index in [1.165, 1.54) is 0 Å². The Hall–Kier alpha value is -1.97. The number of nitrogens with zero attached hydrogens (tertiary/aromatic N) is 1. The van der Waals surface area contributed by atoms with Gasteiger partial charge in [-0.2, -0.15) is 0 Å². The zero-order valence-electron chi connectivity index (χ0n) is 15.5. The van der Waals surface area contributed by atoms with Crippen molar-refractivity contribution in [2.75, 3.05) is 20.2 Å². The molecule has 0 unspecified atom stereocenters. The van der Waals surface area contributed by atoms with E-state index >= 15 is 0 Å². The van der Waals surface area contributed by atoms with Crippen LogP contribution in [0.5, 0.6) is 5.75 Å². The van der Waals surface area contributed by atoms with Gasteiger partial charge in [-0.1, -0.05) is 31.2 Å². The van der Waals surface area contributed by atoms with E-state index in [-0.39, 0.29) is 11.5 Å². The normalized spacial score (nSPS) is 17.8. The Balaban J connectivity index is 1.91. The number of rotatable bonds is 3. The third kappa shape index (κ3) is 5.29. The minimum absolute atomic E-state index is 0.110. The lowest BCUT2D eigenvalue weighted by Crippen LogP contribution is -2.43. The van der Waals surface area contributed by atoms with Gasteiger partial charge in [0, 0.05) is 13.1 Å². The van der Waals surface area contributed by atoms with Crippen molar-refractivity contribution in [1.29, 1.82) is 0 Å². The zero-order chi connectivity index (χ0) is 17.8. The summed E-state index contributed by atoms with van der Waals surface area (Å²) in [5.41, 5.74) is 0.830. The van der Waals surface area contributed by atoms with Gasteiger partial charge in [-0.3, -0.25) is 0 Å². The molecule has 1 aromatic rings. The third-order valence-electron chi connectivity index (χ3n) is 4.35. The number of carbonyl (C=O) groups is 1. The minimum Gasteiger partial charge on any atom is -0.497 e. The largest absolute Gasteiger partial charge is 0.497 e. The van der Waals surface area contributed by atoms with E-state index in [1.54, 1.807) is 7.11 Å². The molecule has 4 heteroatoms. The molecular formula is C20H29NO3. The lowest BCUT2D eigenvalue weighted by atomic mass is 9.80. The van der Waals surface area contributed by atoms with Crippen LogP contribution in [0.15, 0.2) is 30.3 Å². The van der Waals surface area contributed by atoms with Crippen molar-refractivity contribution in [1.82, 2.24) is 4.90 Å². The molecule has 1 amide bonds. The Labute approximate surface area is 145 Å². The summed E-state index contributed by atoms with van der Waals surface area (Å²) in [6.45, 7) is 9.42. The van der Waals surface area contributed by atoms with Crippen molar-refractivity contribution in [3.8, 4) is 5.75 Å². The lowest BCUT2D eigenvalue weighted by Gasteiger charge is -2.38. The van der Waals surface area contributed by atoms with Gasteiger partial charge in [0.15, 0.2) is 0 Å². The highest BCUT2D eigenvalue weighted by atomic mass is 16.6. The van der Waals surface area contributed by atoms with Crippen molar-refractivity contribution in [2.45, 2.75) is 46.1 Å². The van der Waals surface area contributed by atoms with E-state index in [4.69, 9.17) is 9.47 Å². The highest BCUT2D eigenvalue weighted by Crippen LogP contribution is 2.33. The van der Waals surface area contributed by atoms with Crippen LogP contribution in [-0.2, 0) is 4.74 Å². The van der Waals surface area contributed by atoms with E-state index in [9.17, 15) is 4.79 Å². The first-order valence-electron chi connectivity index (χ1n) is 8.52. The fourth-order valence-electron chi connectivity index (χ4n) is 2.71. The quantitative estimate of drug-likeness (QED) is 0.802. The van der Waals surface area contributed by atoms with E-state index in [2.05, 4.69) is 31.2 Å². The molecule has 0 radical (unpaired) electrons. The van der Waals surface area contributed by atoms with Gasteiger partial charge in [-0.05, 0) is 56.7 Å². The highest BCUT2D eigenvalue weighted by Gasteiger charge is 2.31. The molecule has 24 heavy (non-hydrogen) atoms. The molecule has 4 nitrogen and oxygen atoms in total. The first kappa shape index (κ1) is 18.4. The molecule has 1 heterocycles. The van der Waals surface area contributed by atoms with E-state index < -0.39 is 5.60 Å². The van der Waals surface area contributed by atoms with Crippen LogP contribution < -0.4 is 4.74 Å². The number of piperidine rings is 1. The van der Waals surface area contributed by atoms with Gasteiger partial charge in [0.2, 0.25) is 0 Å². The van der Waals surface area contributed by atoms with Crippen LogP contribution in [0.2, 0.25) is 0 Å². The summed E-state index contributed by atoms with van der Waals surface area (Å²) in [5.74, 6) is 0.865. The Morgan fingerprint density at radius 2 is 1.75 bits per heavy atom. The molecule has 2 rings (SSSR count). The number of hydrogen-bond acceptors (Lipinski definition) is 3. The molecule has 132 valence electrons. The van der Waals surface area contributed by atoms with E-state index in [1.807, 2.05) is 37.8 Å². The minimum atomic E-state index is -0.438. The molecule has 0 aromatic heterocycles. The number of amides is 1. The van der Waals surface area contributed by atoms with Gasteiger partial charge in [-0.15, -0.1) is 0 Å². The van der Waals surface area contributed by atoms with Crippen LogP contribution >= 0.6 is 0 Å². The summed E-state index contributed by atoms with van der Waals surface area (Å²) in [4.78, 5) is 14.0. The number of allylic oxidation sites excluding steroid dienone is 1. The number of benzene rings is 1. The van der Waals surface area contributed by atoms with E-state index in [0.717, 1.165) is 37.2 Å². The average molecular weight is 331 g/mol. The predicted octanol–water partition coefficient (Wildman–Crippen LogP) is 4.75. The maximum atomic E-state index is 12.1. The second-order valence-corrected chi connectivity index (χ2v) is 7.73. The first-order chi connectivity index (χ1) is 11.2. The van der Waals surface area contributed by atoms with Gasteiger partial charge in [0.25, 0.3) is 0 Å². The fourth-order valence-corrected chi connectivity index (χ4v) is 2.71. The molecule has 1 saturated heterocycles. The third-order valence-corrected chi connectivity index (χ3v) is 4.35. The Morgan fingerprint density at radius 1 is 1.17 bits per heavy atom. The van der Waals surface area contributed by atoms with Crippen LogP contribution in [0.3, 0.4) is 0 Å². The molecule has 0 bridgehead atoms. The monoisotopic (exact) mass is 331 g/mol. The maximum Gasteiger partial charge on any atom is 0.410 e. The maximum absolute atomic E-state index is 12.1. The average Bonchev–Trinajstić information content (AvgIpc) is 2.52. The second-order valence-electron chi connectivity index (χ2n) is 7.73. The highest BCUT2D eigenvalue weighted by molar-refractivity contribution is 5.68. The summed E-state index contributed by atoms with van der Waals surface area (Å²) >= 11 is 0. The van der Waals surface area contributed by atoms with Crippen molar-refractivity contribution < 1.29 is 14.3 Å². The van der Waals surface area contributed by atoms with Crippen molar-refractivity contribution in [3.05, 3.63) is 35.9 Å². The molecule has 1 aliphatic heterocycles. The van der Waals surface area contributed by atoms with Gasteiger partial charge in [-0.25, -0.2) is 4.79 Å². The van der Waals surface area contributed by atoms with E-state index in [0.29, 0.717) is 0 Å². The van der Waals surface area contributed by atoms with Gasteiger partial charge < -0.3 is 14.4 Å². The zero-order valence-corrected chi connectivity index (χ0v) is 15.5. The molecular weight excluding hydrogens is 302 g/mol. The van der Waals surface area contributed by atoms with Crippen molar-refractivity contribution in [3.63, 3.8) is 0 Å². The summed E-state index contributed by atoms with van der Waals surface area (Å²) in [7, 11) is 1.67. The summed E-state index contributed by atoms with van der Waals surface area (Å²) in [6.07, 6.45) is 6.10. The van der Waals surface area contributed by atoms with Crippen LogP contribution in [0, 0.1) is 5.41 Å². The molecule has 0 aliphatic carbocycles. The number of likely N-dealkylation sites (tertiary alicyclic amines) is 1. The van der Waals surface area contributed by atoms with Crippen molar-refractivity contribution >= 4 is 12.2 Å². The molecule has 0 N–H and O–H groups in total. The standard InChI is InChI=1S/C20H29NO3/c1-19(2,3)24-18(22)21-14-12-20(4,13-15-21)11-10-16-6-8-17(23-5)9-7-16/h6-11H,12-15H2,1-5H3/b11-10+. The predicted molar refractivity (Wildman–Crippen MR) is 97.2 cm³/mol. The molecule has 0 atom stereocenters. The smallest absolute Gasteiger partial charge is 0.410 e. The van der Waals surface area contributed by atoms with Crippen molar-refractivity contribution in [2.24, 2.45) is 5.41 Å². The van der Waals surface area contributed by atoms with Gasteiger partial charge >= 0.3 is 6.09 Å². The molecule has 0 spiro atoms. The summed E-state index contributed by atoms with van der Waals surface area (Å²) < 4.78 is 10.6. The van der Waals surface area contributed by atoms with Crippen LogP contribution in [-0.4, -0.2) is 36.8 Å². The molecule has 0 saturated carbocycles. The topological polar surface area (TPSA) is 38.8 Å². The Morgan fingerprint density at radius 3 is 2.25 bits per heavy atom. The number of methoxy groups -OCH3 is 1.